The molecule has 0 bridgehead atoms. The molecule has 1 rings (SSSR count). The van der Waals surface area contributed by atoms with Crippen LogP contribution in [0.2, 0.25) is 0 Å². The van der Waals surface area contributed by atoms with Crippen LogP contribution in [0.5, 0.6) is 0 Å². The van der Waals surface area contributed by atoms with E-state index in [2.05, 4.69) is 4.74 Å². The normalized spacial score (nSPS) is 11.9. The van der Waals surface area contributed by atoms with E-state index in [1.54, 1.807) is 30.3 Å². The predicted octanol–water partition coefficient (Wildman–Crippen LogP) is 0.810. The number of rotatable bonds is 2. The highest BCUT2D eigenvalue weighted by Gasteiger charge is 2.19. The van der Waals surface area contributed by atoms with Crippen molar-refractivity contribution in [2.75, 3.05) is 0 Å². The van der Waals surface area contributed by atoms with Gasteiger partial charge in [-0.1, -0.05) is 30.3 Å². The molecule has 0 amide bonds. The molecule has 0 spiro atoms. The Morgan fingerprint density at radius 3 is 2.36 bits per heavy atom. The van der Waals surface area contributed by atoms with Crippen molar-refractivity contribution in [1.29, 1.82) is 0 Å². The molecule has 4 heteroatoms. The largest absolute Gasteiger partial charge is 0.391 e. The number of aliphatic hydroxyl groups is 1. The fraction of sp³-hybridized carbons (Fsp3) is 0.200. The van der Waals surface area contributed by atoms with Crippen molar-refractivity contribution in [2.45, 2.75) is 13.0 Å². The van der Waals surface area contributed by atoms with Gasteiger partial charge in [-0.25, -0.2) is 4.79 Å². The summed E-state index contributed by atoms with van der Waals surface area (Å²) >= 11 is 0. The van der Waals surface area contributed by atoms with E-state index in [4.69, 9.17) is 0 Å². The highest BCUT2D eigenvalue weighted by atomic mass is 16.6. The van der Waals surface area contributed by atoms with E-state index in [0.717, 1.165) is 6.92 Å². The lowest BCUT2D eigenvalue weighted by atomic mass is 10.1. The molecule has 0 aliphatic rings. The van der Waals surface area contributed by atoms with Gasteiger partial charge in [-0.15, -0.1) is 0 Å². The van der Waals surface area contributed by atoms with Crippen LogP contribution in [0.3, 0.4) is 0 Å². The summed E-state index contributed by atoms with van der Waals surface area (Å²) in [7, 11) is 0. The first-order valence-electron chi connectivity index (χ1n) is 4.06. The molecule has 1 aromatic rings. The molecule has 0 heterocycles. The van der Waals surface area contributed by atoms with E-state index in [1.807, 2.05) is 0 Å². The summed E-state index contributed by atoms with van der Waals surface area (Å²) in [6, 6.07) is 8.27. The van der Waals surface area contributed by atoms with Gasteiger partial charge in [-0.2, -0.15) is 0 Å². The highest BCUT2D eigenvalue weighted by Crippen LogP contribution is 2.13. The van der Waals surface area contributed by atoms with Gasteiger partial charge in [0.1, 0.15) is 0 Å². The average molecular weight is 194 g/mol. The van der Waals surface area contributed by atoms with Crippen molar-refractivity contribution < 1.29 is 19.4 Å². The van der Waals surface area contributed by atoms with Gasteiger partial charge in [0.15, 0.2) is 6.10 Å². The summed E-state index contributed by atoms with van der Waals surface area (Å²) in [4.78, 5) is 21.5. The number of benzene rings is 1. The maximum atomic E-state index is 11.1. The number of carbonyl (C=O) groups excluding carboxylic acids is 2. The molecule has 0 aliphatic carbocycles. The number of aliphatic hydroxyl groups excluding tert-OH is 1. The lowest BCUT2D eigenvalue weighted by molar-refractivity contribution is -0.164. The van der Waals surface area contributed by atoms with Crippen molar-refractivity contribution in [2.24, 2.45) is 0 Å². The lowest BCUT2D eigenvalue weighted by Crippen LogP contribution is -2.17. The van der Waals surface area contributed by atoms with Crippen LogP contribution >= 0.6 is 0 Å². The first-order valence-corrected chi connectivity index (χ1v) is 4.06. The first-order chi connectivity index (χ1) is 6.61. The molecular weight excluding hydrogens is 184 g/mol. The Morgan fingerprint density at radius 1 is 1.29 bits per heavy atom. The minimum atomic E-state index is -1.40. The van der Waals surface area contributed by atoms with Gasteiger partial charge in [0.25, 0.3) is 0 Å². The number of hydrogen-bond donors (Lipinski definition) is 1. The highest BCUT2D eigenvalue weighted by molar-refractivity contribution is 5.87. The van der Waals surface area contributed by atoms with Gasteiger partial charge in [0.05, 0.1) is 0 Å². The molecule has 0 aliphatic heterocycles. The molecule has 0 fully saturated rings. The molecule has 0 saturated carbocycles. The molecule has 1 aromatic carbocycles. The maximum Gasteiger partial charge on any atom is 0.347 e. The zero-order valence-electron chi connectivity index (χ0n) is 7.64. The molecule has 0 aromatic heterocycles. The number of carbonyl (C=O) groups is 2. The number of ether oxygens (including phenoxy) is 1. The van der Waals surface area contributed by atoms with Crippen LogP contribution in [0.1, 0.15) is 18.6 Å². The minimum absolute atomic E-state index is 0.402. The molecule has 74 valence electrons. The second kappa shape index (κ2) is 4.53. The van der Waals surface area contributed by atoms with E-state index in [-0.39, 0.29) is 0 Å². The van der Waals surface area contributed by atoms with Crippen LogP contribution in [-0.2, 0) is 14.3 Å². The third kappa shape index (κ3) is 2.67. The van der Waals surface area contributed by atoms with Crippen LogP contribution in [0.15, 0.2) is 30.3 Å². The van der Waals surface area contributed by atoms with Gasteiger partial charge in [0.2, 0.25) is 0 Å². The average Bonchev–Trinajstić information content (AvgIpc) is 2.17. The Hall–Kier alpha value is -1.68. The second-order valence-corrected chi connectivity index (χ2v) is 2.73. The van der Waals surface area contributed by atoms with E-state index in [9.17, 15) is 14.7 Å². The molecule has 0 unspecified atom stereocenters. The number of hydrogen-bond acceptors (Lipinski definition) is 4. The molecule has 0 radical (unpaired) electrons. The fourth-order valence-corrected chi connectivity index (χ4v) is 0.969. The van der Waals surface area contributed by atoms with E-state index >= 15 is 0 Å². The summed E-state index contributed by atoms with van der Waals surface area (Å²) in [6.07, 6.45) is -1.40. The fourth-order valence-electron chi connectivity index (χ4n) is 0.969. The topological polar surface area (TPSA) is 63.6 Å². The van der Waals surface area contributed by atoms with Crippen molar-refractivity contribution in [1.82, 2.24) is 0 Å². The summed E-state index contributed by atoms with van der Waals surface area (Å²) < 4.78 is 4.24. The van der Waals surface area contributed by atoms with E-state index in [0.29, 0.717) is 5.56 Å². The third-order valence-corrected chi connectivity index (χ3v) is 1.58. The predicted molar refractivity (Wildman–Crippen MR) is 48.2 cm³/mol. The zero-order valence-corrected chi connectivity index (χ0v) is 7.64. The van der Waals surface area contributed by atoms with E-state index < -0.39 is 18.0 Å². The quantitative estimate of drug-likeness (QED) is 0.559. The van der Waals surface area contributed by atoms with Crippen LogP contribution < -0.4 is 0 Å². The summed E-state index contributed by atoms with van der Waals surface area (Å²) in [6.45, 7) is 1.11. The standard InChI is InChI=1S/C10H10O4/c1-7(11)14-10(13)9(12)8-5-3-2-4-6-8/h2-6,9,12H,1H3/t9-/m1/s1. The summed E-state index contributed by atoms with van der Waals surface area (Å²) in [5, 5.41) is 9.41. The van der Waals surface area contributed by atoms with E-state index in [1.165, 1.54) is 0 Å². The number of esters is 2. The third-order valence-electron chi connectivity index (χ3n) is 1.58. The van der Waals surface area contributed by atoms with Gasteiger partial charge in [0, 0.05) is 6.92 Å². The van der Waals surface area contributed by atoms with Gasteiger partial charge in [-0.3, -0.25) is 4.79 Å². The maximum absolute atomic E-state index is 11.1. The molecular formula is C10H10O4. The molecule has 4 nitrogen and oxygen atoms in total. The first kappa shape index (κ1) is 10.4. The monoisotopic (exact) mass is 194 g/mol. The molecule has 14 heavy (non-hydrogen) atoms. The van der Waals surface area contributed by atoms with Crippen LogP contribution in [-0.4, -0.2) is 17.0 Å². The van der Waals surface area contributed by atoms with Crippen LogP contribution in [0.4, 0.5) is 0 Å². The Kier molecular flexibility index (Phi) is 3.36. The molecule has 1 atom stereocenters. The van der Waals surface area contributed by atoms with Gasteiger partial charge in [-0.05, 0) is 5.56 Å². The summed E-state index contributed by atoms with van der Waals surface area (Å²) in [5.41, 5.74) is 0.402. The van der Waals surface area contributed by atoms with Crippen LogP contribution in [0.25, 0.3) is 0 Å². The Balaban J connectivity index is 2.71. The Morgan fingerprint density at radius 2 is 1.86 bits per heavy atom. The van der Waals surface area contributed by atoms with Crippen LogP contribution in [0, 0.1) is 0 Å². The molecule has 0 saturated heterocycles. The summed E-state index contributed by atoms with van der Waals surface area (Å²) in [5.74, 6) is -1.69. The Labute approximate surface area is 81.1 Å². The second-order valence-electron chi connectivity index (χ2n) is 2.73. The van der Waals surface area contributed by atoms with Gasteiger partial charge < -0.3 is 9.84 Å². The zero-order chi connectivity index (χ0) is 10.6. The SMILES string of the molecule is CC(=O)OC(=O)[C@H](O)c1ccccc1. The minimum Gasteiger partial charge on any atom is -0.391 e. The van der Waals surface area contributed by atoms with Crippen molar-refractivity contribution in [3.8, 4) is 0 Å². The van der Waals surface area contributed by atoms with Crippen molar-refractivity contribution in [3.05, 3.63) is 35.9 Å². The van der Waals surface area contributed by atoms with Crippen molar-refractivity contribution >= 4 is 11.9 Å². The smallest absolute Gasteiger partial charge is 0.347 e. The van der Waals surface area contributed by atoms with Crippen molar-refractivity contribution in [3.63, 3.8) is 0 Å². The van der Waals surface area contributed by atoms with Gasteiger partial charge >= 0.3 is 11.9 Å². The lowest BCUT2D eigenvalue weighted by Gasteiger charge is -2.07. The molecule has 1 N–H and O–H groups in total. The Bertz CT molecular complexity index is 331.